The van der Waals surface area contributed by atoms with Crippen LogP contribution in [0.2, 0.25) is 0 Å². The van der Waals surface area contributed by atoms with Crippen molar-refractivity contribution in [2.75, 3.05) is 13.1 Å². The summed E-state index contributed by atoms with van der Waals surface area (Å²) in [4.78, 5) is 13.7. The zero-order valence-corrected chi connectivity index (χ0v) is 11.7. The van der Waals surface area contributed by atoms with Crippen LogP contribution in [0.4, 0.5) is 8.78 Å². The van der Waals surface area contributed by atoms with Crippen LogP contribution in [0.3, 0.4) is 0 Å². The Morgan fingerprint density at radius 2 is 2.05 bits per heavy atom. The van der Waals surface area contributed by atoms with Crippen molar-refractivity contribution in [1.82, 2.24) is 4.90 Å². The van der Waals surface area contributed by atoms with Crippen molar-refractivity contribution < 1.29 is 13.6 Å². The minimum Gasteiger partial charge on any atom is -0.341 e. The van der Waals surface area contributed by atoms with E-state index in [0.717, 1.165) is 12.1 Å². The van der Waals surface area contributed by atoms with Crippen molar-refractivity contribution in [2.24, 2.45) is 5.92 Å². The SMILES string of the molecule is CC(C)CN(CCC#N)C(=O)Cc1ccc(F)c(F)c1. The molecule has 5 heteroatoms. The minimum atomic E-state index is -0.956. The standard InChI is InChI=1S/C15H18F2N2O/c1-11(2)10-19(7-3-6-18)15(20)9-12-4-5-13(16)14(17)8-12/h4-5,8,11H,3,7,9-10H2,1-2H3. The van der Waals surface area contributed by atoms with Gasteiger partial charge in [-0.3, -0.25) is 4.79 Å². The zero-order chi connectivity index (χ0) is 15.1. The summed E-state index contributed by atoms with van der Waals surface area (Å²) < 4.78 is 25.9. The lowest BCUT2D eigenvalue weighted by molar-refractivity contribution is -0.130. The number of rotatable bonds is 6. The van der Waals surface area contributed by atoms with Gasteiger partial charge in [-0.2, -0.15) is 5.26 Å². The highest BCUT2D eigenvalue weighted by Crippen LogP contribution is 2.11. The van der Waals surface area contributed by atoms with E-state index in [-0.39, 0.29) is 24.7 Å². The molecule has 1 aromatic rings. The number of benzene rings is 1. The van der Waals surface area contributed by atoms with Gasteiger partial charge in [0, 0.05) is 13.1 Å². The van der Waals surface area contributed by atoms with Crippen molar-refractivity contribution in [3.05, 3.63) is 35.4 Å². The number of hydrogen-bond acceptors (Lipinski definition) is 2. The Hall–Kier alpha value is -1.96. The third-order valence-corrected chi connectivity index (χ3v) is 2.77. The molecule has 3 nitrogen and oxygen atoms in total. The van der Waals surface area contributed by atoms with E-state index in [2.05, 4.69) is 0 Å². The first kappa shape index (κ1) is 16.1. The van der Waals surface area contributed by atoms with Gasteiger partial charge in [-0.05, 0) is 23.6 Å². The van der Waals surface area contributed by atoms with Gasteiger partial charge in [0.25, 0.3) is 0 Å². The molecule has 0 aliphatic carbocycles. The Kier molecular flexibility index (Phi) is 6.10. The van der Waals surface area contributed by atoms with Gasteiger partial charge >= 0.3 is 0 Å². The number of amides is 1. The second kappa shape index (κ2) is 7.59. The largest absolute Gasteiger partial charge is 0.341 e. The highest BCUT2D eigenvalue weighted by molar-refractivity contribution is 5.78. The van der Waals surface area contributed by atoms with Gasteiger partial charge in [0.15, 0.2) is 11.6 Å². The van der Waals surface area contributed by atoms with Crippen molar-refractivity contribution in [2.45, 2.75) is 26.7 Å². The molecule has 0 spiro atoms. The first-order chi connectivity index (χ1) is 9.43. The second-order valence-corrected chi connectivity index (χ2v) is 5.07. The van der Waals surface area contributed by atoms with Crippen molar-refractivity contribution in [3.63, 3.8) is 0 Å². The topological polar surface area (TPSA) is 44.1 Å². The Morgan fingerprint density at radius 1 is 1.35 bits per heavy atom. The number of carbonyl (C=O) groups is 1. The average Bonchev–Trinajstić information content (AvgIpc) is 2.38. The molecular formula is C15H18F2N2O. The van der Waals surface area contributed by atoms with Gasteiger partial charge in [0.1, 0.15) is 0 Å². The van der Waals surface area contributed by atoms with E-state index in [1.54, 1.807) is 4.90 Å². The zero-order valence-electron chi connectivity index (χ0n) is 11.7. The fraction of sp³-hybridized carbons (Fsp3) is 0.467. The number of nitriles is 1. The van der Waals surface area contributed by atoms with Gasteiger partial charge in [-0.15, -0.1) is 0 Å². The molecule has 0 saturated carbocycles. The Morgan fingerprint density at radius 3 is 2.60 bits per heavy atom. The predicted molar refractivity (Wildman–Crippen MR) is 71.7 cm³/mol. The van der Waals surface area contributed by atoms with Crippen LogP contribution in [-0.2, 0) is 11.2 Å². The van der Waals surface area contributed by atoms with Crippen LogP contribution in [0.25, 0.3) is 0 Å². The van der Waals surface area contributed by atoms with Crippen LogP contribution in [0.15, 0.2) is 18.2 Å². The molecule has 0 fully saturated rings. The summed E-state index contributed by atoms with van der Waals surface area (Å²) >= 11 is 0. The maximum Gasteiger partial charge on any atom is 0.227 e. The summed E-state index contributed by atoms with van der Waals surface area (Å²) in [7, 11) is 0. The lowest BCUT2D eigenvalue weighted by atomic mass is 10.1. The van der Waals surface area contributed by atoms with Gasteiger partial charge in [0.2, 0.25) is 5.91 Å². The summed E-state index contributed by atoms with van der Waals surface area (Å²) in [6, 6.07) is 5.45. The van der Waals surface area contributed by atoms with E-state index in [4.69, 9.17) is 5.26 Å². The van der Waals surface area contributed by atoms with Gasteiger partial charge < -0.3 is 4.90 Å². The smallest absolute Gasteiger partial charge is 0.227 e. The molecule has 0 radical (unpaired) electrons. The van der Waals surface area contributed by atoms with E-state index >= 15 is 0 Å². The van der Waals surface area contributed by atoms with E-state index in [1.807, 2.05) is 19.9 Å². The predicted octanol–water partition coefficient (Wildman–Crippen LogP) is 2.91. The molecule has 0 unspecified atom stereocenters. The number of nitrogens with zero attached hydrogens (tertiary/aromatic N) is 2. The molecule has 1 rings (SSSR count). The molecule has 0 atom stereocenters. The molecule has 1 aromatic carbocycles. The Labute approximate surface area is 117 Å². The third-order valence-electron chi connectivity index (χ3n) is 2.77. The minimum absolute atomic E-state index is 0.00927. The van der Waals surface area contributed by atoms with Crippen molar-refractivity contribution in [1.29, 1.82) is 5.26 Å². The highest BCUT2D eigenvalue weighted by atomic mass is 19.2. The highest BCUT2D eigenvalue weighted by Gasteiger charge is 2.16. The third kappa shape index (κ3) is 4.96. The van der Waals surface area contributed by atoms with E-state index in [0.29, 0.717) is 18.7 Å². The van der Waals surface area contributed by atoms with Gasteiger partial charge in [-0.25, -0.2) is 8.78 Å². The maximum absolute atomic E-state index is 13.1. The number of carbonyl (C=O) groups excluding carboxylic acids is 1. The molecule has 0 bridgehead atoms. The number of halogens is 2. The molecule has 1 amide bonds. The fourth-order valence-electron chi connectivity index (χ4n) is 1.88. The van der Waals surface area contributed by atoms with E-state index in [1.165, 1.54) is 6.07 Å². The molecule has 20 heavy (non-hydrogen) atoms. The van der Waals surface area contributed by atoms with Crippen LogP contribution < -0.4 is 0 Å². The van der Waals surface area contributed by atoms with E-state index in [9.17, 15) is 13.6 Å². The van der Waals surface area contributed by atoms with Crippen LogP contribution in [-0.4, -0.2) is 23.9 Å². The summed E-state index contributed by atoms with van der Waals surface area (Å²) in [6.07, 6.45) is 0.269. The normalized spacial score (nSPS) is 10.4. The van der Waals surface area contributed by atoms with Crippen LogP contribution in [0.5, 0.6) is 0 Å². The maximum atomic E-state index is 13.1. The quantitative estimate of drug-likeness (QED) is 0.804. The molecule has 0 aliphatic rings. The monoisotopic (exact) mass is 280 g/mol. The first-order valence-corrected chi connectivity index (χ1v) is 6.52. The summed E-state index contributed by atoms with van der Waals surface area (Å²) in [5.41, 5.74) is 0.430. The van der Waals surface area contributed by atoms with Crippen LogP contribution in [0, 0.1) is 28.9 Å². The molecule has 108 valence electrons. The molecular weight excluding hydrogens is 262 g/mol. The van der Waals surface area contributed by atoms with Gasteiger partial charge in [-0.1, -0.05) is 19.9 Å². The molecule has 0 saturated heterocycles. The summed E-state index contributed by atoms with van der Waals surface area (Å²) in [6.45, 7) is 4.86. The van der Waals surface area contributed by atoms with Crippen molar-refractivity contribution >= 4 is 5.91 Å². The van der Waals surface area contributed by atoms with E-state index < -0.39 is 11.6 Å². The van der Waals surface area contributed by atoms with Crippen LogP contribution >= 0.6 is 0 Å². The Bertz CT molecular complexity index is 509. The molecule has 0 N–H and O–H groups in total. The lowest BCUT2D eigenvalue weighted by Crippen LogP contribution is -2.36. The fourth-order valence-corrected chi connectivity index (χ4v) is 1.88. The lowest BCUT2D eigenvalue weighted by Gasteiger charge is -2.23. The molecule has 0 heterocycles. The summed E-state index contributed by atoms with van der Waals surface area (Å²) in [5, 5.41) is 8.61. The second-order valence-electron chi connectivity index (χ2n) is 5.07. The molecule has 0 aliphatic heterocycles. The first-order valence-electron chi connectivity index (χ1n) is 6.52. The van der Waals surface area contributed by atoms with Crippen molar-refractivity contribution in [3.8, 4) is 6.07 Å². The van der Waals surface area contributed by atoms with Gasteiger partial charge in [0.05, 0.1) is 18.9 Å². The number of hydrogen-bond donors (Lipinski definition) is 0. The van der Waals surface area contributed by atoms with Crippen LogP contribution in [0.1, 0.15) is 25.8 Å². The average molecular weight is 280 g/mol. The Balaban J connectivity index is 2.73. The molecule has 0 aromatic heterocycles. The summed E-state index contributed by atoms with van der Waals surface area (Å²) in [5.74, 6) is -1.78.